The third-order valence-corrected chi connectivity index (χ3v) is 3.54. The summed E-state index contributed by atoms with van der Waals surface area (Å²) in [5.74, 6) is 0. The Kier molecular flexibility index (Phi) is 5.09. The van der Waals surface area contributed by atoms with E-state index in [0.717, 1.165) is 5.56 Å². The van der Waals surface area contributed by atoms with E-state index < -0.39 is 5.51 Å². The molecule has 0 unspecified atom stereocenters. The number of benzene rings is 2. The average Bonchev–Trinajstić information content (AvgIpc) is 2.40. The lowest BCUT2D eigenvalue weighted by atomic mass is 10.2. The van der Waals surface area contributed by atoms with Crippen molar-refractivity contribution in [2.45, 2.75) is 23.5 Å². The van der Waals surface area contributed by atoms with Crippen LogP contribution in [0.3, 0.4) is 0 Å². The predicted octanol–water partition coefficient (Wildman–Crippen LogP) is 4.59. The van der Waals surface area contributed by atoms with Crippen molar-refractivity contribution in [2.24, 2.45) is 0 Å². The maximum Gasteiger partial charge on any atom is 0.446 e. The summed E-state index contributed by atoms with van der Waals surface area (Å²) in [6, 6.07) is 16.3. The average molecular weight is 297 g/mol. The van der Waals surface area contributed by atoms with Crippen molar-refractivity contribution in [1.29, 1.82) is 0 Å². The molecule has 1 N–H and O–H groups in total. The minimum Gasteiger partial charge on any atom is -0.309 e. The van der Waals surface area contributed by atoms with E-state index in [1.54, 1.807) is 18.2 Å². The lowest BCUT2D eigenvalue weighted by Gasteiger charge is -2.11. The molecule has 0 saturated heterocycles. The Morgan fingerprint density at radius 3 is 2.20 bits per heavy atom. The predicted molar refractivity (Wildman–Crippen MR) is 75.3 cm³/mol. The highest BCUT2D eigenvalue weighted by Gasteiger charge is 2.30. The standard InChI is InChI=1S/C15H14F3NS/c16-15(17,18)20-14-9-5-4-8-13(14)11-19-10-12-6-2-1-3-7-12/h1-9,19H,10-11H2. The van der Waals surface area contributed by atoms with E-state index in [0.29, 0.717) is 18.7 Å². The largest absolute Gasteiger partial charge is 0.446 e. The van der Waals surface area contributed by atoms with E-state index in [9.17, 15) is 13.2 Å². The van der Waals surface area contributed by atoms with Crippen molar-refractivity contribution in [3.8, 4) is 0 Å². The summed E-state index contributed by atoms with van der Waals surface area (Å²) in [6.45, 7) is 1.04. The van der Waals surface area contributed by atoms with Gasteiger partial charge in [-0.1, -0.05) is 48.5 Å². The summed E-state index contributed by atoms with van der Waals surface area (Å²) in [5.41, 5.74) is -2.49. The van der Waals surface area contributed by atoms with Gasteiger partial charge in [0, 0.05) is 18.0 Å². The van der Waals surface area contributed by atoms with Crippen molar-refractivity contribution < 1.29 is 13.2 Å². The second-order valence-corrected chi connectivity index (χ2v) is 5.35. The molecular weight excluding hydrogens is 283 g/mol. The first kappa shape index (κ1) is 14.9. The van der Waals surface area contributed by atoms with Gasteiger partial charge in [0.2, 0.25) is 0 Å². The Labute approximate surface area is 120 Å². The molecule has 0 radical (unpaired) electrons. The molecule has 0 fully saturated rings. The van der Waals surface area contributed by atoms with Gasteiger partial charge in [-0.2, -0.15) is 13.2 Å². The van der Waals surface area contributed by atoms with Crippen LogP contribution in [-0.2, 0) is 13.1 Å². The third-order valence-electron chi connectivity index (χ3n) is 2.69. The van der Waals surface area contributed by atoms with Gasteiger partial charge >= 0.3 is 5.51 Å². The molecule has 0 amide bonds. The number of thioether (sulfide) groups is 1. The molecule has 0 atom stereocenters. The van der Waals surface area contributed by atoms with Crippen LogP contribution in [0.25, 0.3) is 0 Å². The molecule has 2 rings (SSSR count). The number of hydrogen-bond donors (Lipinski definition) is 1. The summed E-state index contributed by atoms with van der Waals surface area (Å²) >= 11 is -0.0664. The van der Waals surface area contributed by atoms with Crippen LogP contribution in [0.15, 0.2) is 59.5 Å². The molecule has 2 aromatic carbocycles. The SMILES string of the molecule is FC(F)(F)Sc1ccccc1CNCc1ccccc1. The van der Waals surface area contributed by atoms with E-state index in [-0.39, 0.29) is 16.7 Å². The lowest BCUT2D eigenvalue weighted by molar-refractivity contribution is -0.0328. The molecule has 0 heterocycles. The fourth-order valence-electron chi connectivity index (χ4n) is 1.81. The summed E-state index contributed by atoms with van der Waals surface area (Å²) in [5, 5.41) is 3.16. The van der Waals surface area contributed by atoms with Crippen LogP contribution in [0.4, 0.5) is 13.2 Å². The van der Waals surface area contributed by atoms with Crippen molar-refractivity contribution in [3.05, 3.63) is 65.7 Å². The smallest absolute Gasteiger partial charge is 0.309 e. The quantitative estimate of drug-likeness (QED) is 0.810. The van der Waals surface area contributed by atoms with E-state index in [4.69, 9.17) is 0 Å². The normalized spacial score (nSPS) is 11.6. The molecule has 0 aliphatic heterocycles. The first-order valence-corrected chi connectivity index (χ1v) is 6.94. The van der Waals surface area contributed by atoms with Gasteiger partial charge in [-0.25, -0.2) is 0 Å². The van der Waals surface area contributed by atoms with E-state index in [1.165, 1.54) is 6.07 Å². The Bertz CT molecular complexity index is 540. The van der Waals surface area contributed by atoms with Crippen molar-refractivity contribution >= 4 is 11.8 Å². The van der Waals surface area contributed by atoms with Gasteiger partial charge in [0.1, 0.15) is 0 Å². The van der Waals surface area contributed by atoms with E-state index in [2.05, 4.69) is 5.32 Å². The summed E-state index contributed by atoms with van der Waals surface area (Å²) in [7, 11) is 0. The summed E-state index contributed by atoms with van der Waals surface area (Å²) < 4.78 is 37.4. The highest BCUT2D eigenvalue weighted by atomic mass is 32.2. The molecule has 0 spiro atoms. The molecule has 0 aliphatic rings. The van der Waals surface area contributed by atoms with Crippen molar-refractivity contribution in [2.75, 3.05) is 0 Å². The molecule has 2 aromatic rings. The van der Waals surface area contributed by atoms with Gasteiger partial charge in [-0.05, 0) is 29.0 Å². The fourth-order valence-corrected chi connectivity index (χ4v) is 2.48. The molecule has 106 valence electrons. The minimum absolute atomic E-state index is 0.0664. The number of alkyl halides is 3. The second kappa shape index (κ2) is 6.81. The van der Waals surface area contributed by atoms with Crippen LogP contribution in [-0.4, -0.2) is 5.51 Å². The lowest BCUT2D eigenvalue weighted by Crippen LogP contribution is -2.13. The van der Waals surface area contributed by atoms with Crippen LogP contribution in [0.1, 0.15) is 11.1 Å². The Morgan fingerprint density at radius 2 is 1.50 bits per heavy atom. The molecule has 0 saturated carbocycles. The second-order valence-electron chi connectivity index (χ2n) is 4.24. The highest BCUT2D eigenvalue weighted by Crippen LogP contribution is 2.38. The van der Waals surface area contributed by atoms with Gasteiger partial charge in [0.15, 0.2) is 0 Å². The zero-order valence-electron chi connectivity index (χ0n) is 10.7. The fraction of sp³-hybridized carbons (Fsp3) is 0.200. The molecular formula is C15H14F3NS. The van der Waals surface area contributed by atoms with Gasteiger partial charge in [0.25, 0.3) is 0 Å². The Balaban J connectivity index is 1.96. The highest BCUT2D eigenvalue weighted by molar-refractivity contribution is 8.00. The van der Waals surface area contributed by atoms with Crippen LogP contribution >= 0.6 is 11.8 Å². The van der Waals surface area contributed by atoms with Gasteiger partial charge in [-0.15, -0.1) is 0 Å². The van der Waals surface area contributed by atoms with Crippen molar-refractivity contribution in [1.82, 2.24) is 5.32 Å². The summed E-state index contributed by atoms with van der Waals surface area (Å²) in [4.78, 5) is 0.251. The summed E-state index contributed by atoms with van der Waals surface area (Å²) in [6.07, 6.45) is 0. The topological polar surface area (TPSA) is 12.0 Å². The first-order valence-electron chi connectivity index (χ1n) is 6.13. The monoisotopic (exact) mass is 297 g/mol. The number of halogens is 3. The maximum absolute atomic E-state index is 12.5. The van der Waals surface area contributed by atoms with Crippen molar-refractivity contribution in [3.63, 3.8) is 0 Å². The maximum atomic E-state index is 12.5. The van der Waals surface area contributed by atoms with Crippen LogP contribution in [0.2, 0.25) is 0 Å². The molecule has 5 heteroatoms. The number of nitrogens with one attached hydrogen (secondary N) is 1. The molecule has 1 nitrogen and oxygen atoms in total. The number of hydrogen-bond acceptors (Lipinski definition) is 2. The molecule has 0 aliphatic carbocycles. The van der Waals surface area contributed by atoms with Crippen LogP contribution < -0.4 is 5.32 Å². The van der Waals surface area contributed by atoms with E-state index in [1.807, 2.05) is 30.3 Å². The van der Waals surface area contributed by atoms with Gasteiger partial charge in [0.05, 0.1) is 0 Å². The van der Waals surface area contributed by atoms with E-state index >= 15 is 0 Å². The molecule has 0 bridgehead atoms. The minimum atomic E-state index is -4.25. The zero-order valence-corrected chi connectivity index (χ0v) is 11.5. The Hall–Kier alpha value is -1.46. The van der Waals surface area contributed by atoms with Gasteiger partial charge < -0.3 is 5.32 Å². The van der Waals surface area contributed by atoms with Crippen LogP contribution in [0.5, 0.6) is 0 Å². The first-order chi connectivity index (χ1) is 9.54. The molecule has 0 aromatic heterocycles. The number of rotatable bonds is 5. The zero-order chi connectivity index (χ0) is 14.4. The van der Waals surface area contributed by atoms with Gasteiger partial charge in [-0.3, -0.25) is 0 Å². The molecule has 20 heavy (non-hydrogen) atoms. The third kappa shape index (κ3) is 4.90. The Morgan fingerprint density at radius 1 is 0.850 bits per heavy atom. The van der Waals surface area contributed by atoms with Crippen LogP contribution in [0, 0.1) is 0 Å².